The summed E-state index contributed by atoms with van der Waals surface area (Å²) in [6, 6.07) is 2.51. The Morgan fingerprint density at radius 3 is 2.67 bits per heavy atom. The van der Waals surface area contributed by atoms with Crippen LogP contribution in [-0.2, 0) is 4.79 Å². The maximum atomic E-state index is 12.3. The van der Waals surface area contributed by atoms with Crippen molar-refractivity contribution in [3.63, 3.8) is 0 Å². The average Bonchev–Trinajstić information content (AvgIpc) is 3.06. The Kier molecular flexibility index (Phi) is 4.74. The topological polar surface area (TPSA) is 84.2 Å². The smallest absolute Gasteiger partial charge is 0.287 e. The minimum Gasteiger partial charge on any atom is -0.459 e. The first kappa shape index (κ1) is 15.2. The van der Waals surface area contributed by atoms with Gasteiger partial charge in [0.05, 0.1) is 12.0 Å². The van der Waals surface area contributed by atoms with Gasteiger partial charge in [-0.25, -0.2) is 4.98 Å². The van der Waals surface area contributed by atoms with Crippen LogP contribution in [0.5, 0.6) is 0 Å². The van der Waals surface area contributed by atoms with Gasteiger partial charge in [0.1, 0.15) is 6.04 Å². The molecule has 2 heterocycles. The van der Waals surface area contributed by atoms with Crippen molar-refractivity contribution in [2.45, 2.75) is 26.8 Å². The molecule has 21 heavy (non-hydrogen) atoms. The highest BCUT2D eigenvalue weighted by molar-refractivity contribution is 7.13. The predicted octanol–water partition coefficient (Wildman–Crippen LogP) is 2.44. The lowest BCUT2D eigenvalue weighted by Crippen LogP contribution is -2.47. The van der Waals surface area contributed by atoms with Crippen LogP contribution in [0, 0.1) is 12.8 Å². The second-order valence-corrected chi connectivity index (χ2v) is 5.81. The Morgan fingerprint density at radius 1 is 1.38 bits per heavy atom. The Hall–Kier alpha value is -2.15. The first-order chi connectivity index (χ1) is 9.97. The van der Waals surface area contributed by atoms with Gasteiger partial charge in [-0.05, 0) is 25.0 Å². The highest BCUT2D eigenvalue weighted by Crippen LogP contribution is 2.16. The van der Waals surface area contributed by atoms with Gasteiger partial charge in [-0.1, -0.05) is 13.8 Å². The molecule has 112 valence electrons. The minimum atomic E-state index is -0.660. The third kappa shape index (κ3) is 3.91. The molecular formula is C14H17N3O3S. The number of nitrogens with zero attached hydrogens (tertiary/aromatic N) is 1. The molecule has 0 aromatic carbocycles. The van der Waals surface area contributed by atoms with Crippen molar-refractivity contribution in [2.24, 2.45) is 5.92 Å². The fourth-order valence-corrected chi connectivity index (χ4v) is 2.44. The number of aryl methyl sites for hydroxylation is 1. The highest BCUT2D eigenvalue weighted by Gasteiger charge is 2.26. The average molecular weight is 307 g/mol. The van der Waals surface area contributed by atoms with Crippen molar-refractivity contribution in [2.75, 3.05) is 5.32 Å². The van der Waals surface area contributed by atoms with Gasteiger partial charge >= 0.3 is 0 Å². The van der Waals surface area contributed by atoms with Gasteiger partial charge in [-0.15, -0.1) is 11.3 Å². The molecular weight excluding hydrogens is 290 g/mol. The summed E-state index contributed by atoms with van der Waals surface area (Å²) >= 11 is 1.35. The van der Waals surface area contributed by atoms with Crippen LogP contribution in [0.3, 0.4) is 0 Å². The molecule has 0 saturated carbocycles. The van der Waals surface area contributed by atoms with E-state index < -0.39 is 11.9 Å². The Morgan fingerprint density at radius 2 is 2.14 bits per heavy atom. The van der Waals surface area contributed by atoms with Crippen LogP contribution in [0.4, 0.5) is 5.13 Å². The summed E-state index contributed by atoms with van der Waals surface area (Å²) in [4.78, 5) is 28.4. The maximum Gasteiger partial charge on any atom is 0.287 e. The van der Waals surface area contributed by atoms with Crippen molar-refractivity contribution in [3.05, 3.63) is 35.2 Å². The Labute approximate surface area is 126 Å². The Balaban J connectivity index is 2.04. The third-order valence-corrected chi connectivity index (χ3v) is 3.71. The van der Waals surface area contributed by atoms with Crippen LogP contribution >= 0.6 is 11.3 Å². The van der Waals surface area contributed by atoms with E-state index in [-0.39, 0.29) is 17.6 Å². The van der Waals surface area contributed by atoms with Gasteiger partial charge in [0.25, 0.3) is 5.91 Å². The van der Waals surface area contributed by atoms with Crippen LogP contribution in [0.15, 0.2) is 28.2 Å². The molecule has 6 nitrogen and oxygen atoms in total. The van der Waals surface area contributed by atoms with Crippen molar-refractivity contribution >= 4 is 28.3 Å². The van der Waals surface area contributed by atoms with E-state index in [4.69, 9.17) is 4.42 Å². The van der Waals surface area contributed by atoms with Crippen LogP contribution in [0.25, 0.3) is 0 Å². The lowest BCUT2D eigenvalue weighted by atomic mass is 10.0. The molecule has 2 rings (SSSR count). The zero-order valence-corrected chi connectivity index (χ0v) is 12.9. The van der Waals surface area contributed by atoms with Gasteiger partial charge in [-0.3, -0.25) is 9.59 Å². The summed E-state index contributed by atoms with van der Waals surface area (Å²) < 4.78 is 5.02. The van der Waals surface area contributed by atoms with Crippen molar-refractivity contribution < 1.29 is 14.0 Å². The quantitative estimate of drug-likeness (QED) is 0.888. The lowest BCUT2D eigenvalue weighted by Gasteiger charge is -2.20. The number of carbonyl (C=O) groups is 2. The summed E-state index contributed by atoms with van der Waals surface area (Å²) in [5.41, 5.74) is 0.844. The second-order valence-electron chi connectivity index (χ2n) is 4.96. The van der Waals surface area contributed by atoms with E-state index in [0.29, 0.717) is 5.13 Å². The highest BCUT2D eigenvalue weighted by atomic mass is 32.1. The van der Waals surface area contributed by atoms with E-state index >= 15 is 0 Å². The van der Waals surface area contributed by atoms with Crippen LogP contribution in [-0.4, -0.2) is 22.8 Å². The monoisotopic (exact) mass is 307 g/mol. The molecule has 0 aliphatic rings. The summed E-state index contributed by atoms with van der Waals surface area (Å²) in [6.07, 6.45) is 1.41. The normalized spacial score (nSPS) is 12.2. The minimum absolute atomic E-state index is 0.0648. The summed E-state index contributed by atoms with van der Waals surface area (Å²) in [6.45, 7) is 5.57. The van der Waals surface area contributed by atoms with Crippen LogP contribution in [0.2, 0.25) is 0 Å². The van der Waals surface area contributed by atoms with Crippen molar-refractivity contribution in [1.82, 2.24) is 10.3 Å². The lowest BCUT2D eigenvalue weighted by molar-refractivity contribution is -0.118. The third-order valence-electron chi connectivity index (χ3n) is 2.83. The number of hydrogen-bond acceptors (Lipinski definition) is 5. The first-order valence-electron chi connectivity index (χ1n) is 6.54. The molecule has 0 radical (unpaired) electrons. The number of nitrogens with one attached hydrogen (secondary N) is 2. The molecule has 0 aliphatic carbocycles. The number of carbonyl (C=O) groups excluding carboxylic acids is 2. The Bertz CT molecular complexity index is 619. The van der Waals surface area contributed by atoms with E-state index in [1.807, 2.05) is 26.2 Å². The van der Waals surface area contributed by atoms with Crippen molar-refractivity contribution in [1.29, 1.82) is 0 Å². The van der Waals surface area contributed by atoms with Crippen LogP contribution in [0.1, 0.15) is 30.1 Å². The van der Waals surface area contributed by atoms with Crippen molar-refractivity contribution in [3.8, 4) is 0 Å². The molecule has 0 spiro atoms. The number of amides is 2. The van der Waals surface area contributed by atoms with Gasteiger partial charge in [0, 0.05) is 5.38 Å². The number of hydrogen-bond donors (Lipinski definition) is 2. The molecule has 1 atom stereocenters. The molecule has 0 aliphatic heterocycles. The first-order valence-corrected chi connectivity index (χ1v) is 7.42. The molecule has 0 unspecified atom stereocenters. The number of aromatic nitrogens is 1. The molecule has 0 bridgehead atoms. The van der Waals surface area contributed by atoms with Gasteiger partial charge in [0.2, 0.25) is 5.91 Å². The van der Waals surface area contributed by atoms with Gasteiger partial charge in [0.15, 0.2) is 10.9 Å². The van der Waals surface area contributed by atoms with E-state index in [1.54, 1.807) is 12.1 Å². The second kappa shape index (κ2) is 6.53. The molecule has 2 N–H and O–H groups in total. The molecule has 2 aromatic heterocycles. The summed E-state index contributed by atoms with van der Waals surface area (Å²) in [5, 5.41) is 7.77. The predicted molar refractivity (Wildman–Crippen MR) is 80.3 cm³/mol. The summed E-state index contributed by atoms with van der Waals surface area (Å²) in [5.74, 6) is -0.591. The van der Waals surface area contributed by atoms with E-state index in [0.717, 1.165) is 5.69 Å². The van der Waals surface area contributed by atoms with Crippen LogP contribution < -0.4 is 10.6 Å². The molecule has 2 amide bonds. The van der Waals surface area contributed by atoms with Gasteiger partial charge in [-0.2, -0.15) is 0 Å². The van der Waals surface area contributed by atoms with E-state index in [1.165, 1.54) is 17.6 Å². The zero-order chi connectivity index (χ0) is 15.4. The zero-order valence-electron chi connectivity index (χ0n) is 12.0. The molecule has 0 fully saturated rings. The van der Waals surface area contributed by atoms with E-state index in [9.17, 15) is 9.59 Å². The number of rotatable bonds is 5. The fourth-order valence-electron chi connectivity index (χ4n) is 1.75. The molecule has 2 aromatic rings. The number of anilines is 1. The largest absolute Gasteiger partial charge is 0.459 e. The fraction of sp³-hybridized carbons (Fsp3) is 0.357. The van der Waals surface area contributed by atoms with Gasteiger partial charge < -0.3 is 15.1 Å². The molecule has 7 heteroatoms. The number of thiazole rings is 1. The maximum absolute atomic E-state index is 12.3. The van der Waals surface area contributed by atoms with E-state index in [2.05, 4.69) is 15.6 Å². The standard InChI is InChI=1S/C14H17N3O3S/c1-8(2)11(16-12(18)10-5-4-6-20-10)13(19)17-14-15-9(3)7-21-14/h4-8,11H,1-3H3,(H,16,18)(H,15,17,19)/t11-/m0/s1. The summed E-state index contributed by atoms with van der Waals surface area (Å²) in [7, 11) is 0. The SMILES string of the molecule is Cc1csc(NC(=O)[C@@H](NC(=O)c2ccco2)C(C)C)n1. The number of furan rings is 1. The molecule has 0 saturated heterocycles.